The quantitative estimate of drug-likeness (QED) is 0.759. The number of hydrogen-bond acceptors (Lipinski definition) is 3. The highest BCUT2D eigenvalue weighted by atomic mass is 16.5. The molecule has 3 nitrogen and oxygen atoms in total. The number of ether oxygens (including phenoxy) is 2. The Bertz CT molecular complexity index is 361. The van der Waals surface area contributed by atoms with E-state index in [0.29, 0.717) is 0 Å². The van der Waals surface area contributed by atoms with Crippen LogP contribution >= 0.6 is 0 Å². The Balaban J connectivity index is 2.82. The van der Waals surface area contributed by atoms with Gasteiger partial charge in [0.25, 0.3) is 0 Å². The lowest BCUT2D eigenvalue weighted by Gasteiger charge is -2.15. The molecule has 1 rings (SSSR count). The summed E-state index contributed by atoms with van der Waals surface area (Å²) < 4.78 is 10.7. The topological polar surface area (TPSA) is 21.7 Å². The Hall–Kier alpha value is -1.22. The fourth-order valence-corrected chi connectivity index (χ4v) is 1.95. The largest absolute Gasteiger partial charge is 0.497 e. The molecule has 1 aromatic rings. The molecule has 0 aliphatic carbocycles. The van der Waals surface area contributed by atoms with Gasteiger partial charge in [0.05, 0.1) is 14.2 Å². The molecule has 0 fully saturated rings. The van der Waals surface area contributed by atoms with Crippen LogP contribution in [-0.2, 0) is 6.42 Å². The number of methoxy groups -OCH3 is 2. The maximum atomic E-state index is 5.43. The molecule has 0 saturated carbocycles. The highest BCUT2D eigenvalue weighted by molar-refractivity contribution is 5.46. The Labute approximate surface area is 104 Å². The normalized spacial score (nSPS) is 10.7. The van der Waals surface area contributed by atoms with E-state index in [0.717, 1.165) is 30.9 Å². The van der Waals surface area contributed by atoms with E-state index in [2.05, 4.69) is 32.0 Å². The first-order valence-corrected chi connectivity index (χ1v) is 5.94. The van der Waals surface area contributed by atoms with Crippen LogP contribution in [0.2, 0.25) is 0 Å². The van der Waals surface area contributed by atoms with Gasteiger partial charge in [0.15, 0.2) is 0 Å². The minimum Gasteiger partial charge on any atom is -0.497 e. The number of aryl methyl sites for hydroxylation is 1. The molecule has 0 atom stereocenters. The molecule has 1 aromatic carbocycles. The van der Waals surface area contributed by atoms with Crippen LogP contribution in [0.4, 0.5) is 0 Å². The van der Waals surface area contributed by atoms with Gasteiger partial charge in [-0.05, 0) is 57.6 Å². The van der Waals surface area contributed by atoms with E-state index in [9.17, 15) is 0 Å². The minimum absolute atomic E-state index is 0.857. The second kappa shape index (κ2) is 6.50. The van der Waals surface area contributed by atoms with Crippen LogP contribution in [0.3, 0.4) is 0 Å². The van der Waals surface area contributed by atoms with Crippen LogP contribution in [0.25, 0.3) is 0 Å². The van der Waals surface area contributed by atoms with Gasteiger partial charge in [0, 0.05) is 6.07 Å². The predicted octanol–water partition coefficient (Wildman–Crippen LogP) is 2.51. The van der Waals surface area contributed by atoms with Crippen LogP contribution in [0.5, 0.6) is 11.5 Å². The number of benzene rings is 1. The van der Waals surface area contributed by atoms with Crippen LogP contribution in [0.1, 0.15) is 17.5 Å². The molecule has 0 aliphatic heterocycles. The summed E-state index contributed by atoms with van der Waals surface area (Å²) >= 11 is 0. The first-order chi connectivity index (χ1) is 8.08. The summed E-state index contributed by atoms with van der Waals surface area (Å²) in [7, 11) is 7.58. The summed E-state index contributed by atoms with van der Waals surface area (Å²) in [5.41, 5.74) is 2.52. The van der Waals surface area contributed by atoms with E-state index in [1.807, 2.05) is 6.07 Å². The van der Waals surface area contributed by atoms with Gasteiger partial charge >= 0.3 is 0 Å². The predicted molar refractivity (Wildman–Crippen MR) is 71.2 cm³/mol. The van der Waals surface area contributed by atoms with E-state index in [1.165, 1.54) is 11.1 Å². The first kappa shape index (κ1) is 13.8. The van der Waals surface area contributed by atoms with Crippen molar-refractivity contribution in [3.63, 3.8) is 0 Å². The zero-order valence-electron chi connectivity index (χ0n) is 11.5. The summed E-state index contributed by atoms with van der Waals surface area (Å²) in [6.45, 7) is 3.20. The van der Waals surface area contributed by atoms with Gasteiger partial charge in [-0.3, -0.25) is 0 Å². The van der Waals surface area contributed by atoms with E-state index >= 15 is 0 Å². The smallest absolute Gasteiger partial charge is 0.126 e. The molecular weight excluding hydrogens is 214 g/mol. The summed E-state index contributed by atoms with van der Waals surface area (Å²) in [6.07, 6.45) is 2.17. The summed E-state index contributed by atoms with van der Waals surface area (Å²) in [5.74, 6) is 1.79. The van der Waals surface area contributed by atoms with Gasteiger partial charge in [0.1, 0.15) is 11.5 Å². The van der Waals surface area contributed by atoms with Crippen molar-refractivity contribution in [1.29, 1.82) is 0 Å². The molecular formula is C14H23NO2. The Morgan fingerprint density at radius 1 is 1.12 bits per heavy atom. The van der Waals surface area contributed by atoms with Gasteiger partial charge in [-0.1, -0.05) is 0 Å². The monoisotopic (exact) mass is 237 g/mol. The zero-order valence-corrected chi connectivity index (χ0v) is 11.5. The maximum absolute atomic E-state index is 5.43. The van der Waals surface area contributed by atoms with Gasteiger partial charge < -0.3 is 14.4 Å². The van der Waals surface area contributed by atoms with Crippen LogP contribution in [0, 0.1) is 6.92 Å². The molecule has 0 amide bonds. The SMILES string of the molecule is COc1cc(C)c(CCCN(C)C)c(OC)c1. The number of hydrogen-bond donors (Lipinski definition) is 0. The van der Waals surface area contributed by atoms with Crippen LogP contribution < -0.4 is 9.47 Å². The van der Waals surface area contributed by atoms with Crippen molar-refractivity contribution in [2.75, 3.05) is 34.9 Å². The summed E-state index contributed by atoms with van der Waals surface area (Å²) in [6, 6.07) is 4.02. The third-order valence-electron chi connectivity index (χ3n) is 2.89. The molecule has 0 N–H and O–H groups in total. The van der Waals surface area contributed by atoms with Crippen molar-refractivity contribution in [2.24, 2.45) is 0 Å². The van der Waals surface area contributed by atoms with Crippen LogP contribution in [0.15, 0.2) is 12.1 Å². The van der Waals surface area contributed by atoms with Crippen molar-refractivity contribution in [1.82, 2.24) is 4.90 Å². The van der Waals surface area contributed by atoms with E-state index in [1.54, 1.807) is 14.2 Å². The molecule has 17 heavy (non-hydrogen) atoms. The standard InChI is InChI=1S/C14H23NO2/c1-11-9-12(16-4)10-14(17-5)13(11)7-6-8-15(2)3/h9-10H,6-8H2,1-5H3. The lowest BCUT2D eigenvalue weighted by Crippen LogP contribution is -2.13. The fourth-order valence-electron chi connectivity index (χ4n) is 1.95. The highest BCUT2D eigenvalue weighted by Crippen LogP contribution is 2.29. The molecule has 0 spiro atoms. The fraction of sp³-hybridized carbons (Fsp3) is 0.571. The minimum atomic E-state index is 0.857. The molecule has 0 aromatic heterocycles. The molecule has 96 valence electrons. The molecule has 0 bridgehead atoms. The second-order valence-electron chi connectivity index (χ2n) is 4.53. The third kappa shape index (κ3) is 3.93. The average molecular weight is 237 g/mol. The molecule has 0 heterocycles. The number of rotatable bonds is 6. The van der Waals surface area contributed by atoms with Crippen molar-refractivity contribution >= 4 is 0 Å². The van der Waals surface area contributed by atoms with Crippen LogP contribution in [-0.4, -0.2) is 39.8 Å². The highest BCUT2D eigenvalue weighted by Gasteiger charge is 2.09. The molecule has 3 heteroatoms. The first-order valence-electron chi connectivity index (χ1n) is 5.94. The van der Waals surface area contributed by atoms with Gasteiger partial charge in [-0.15, -0.1) is 0 Å². The average Bonchev–Trinajstić information content (AvgIpc) is 2.30. The van der Waals surface area contributed by atoms with E-state index < -0.39 is 0 Å². The van der Waals surface area contributed by atoms with Gasteiger partial charge in [-0.2, -0.15) is 0 Å². The van der Waals surface area contributed by atoms with E-state index in [-0.39, 0.29) is 0 Å². The Morgan fingerprint density at radius 3 is 2.35 bits per heavy atom. The summed E-state index contributed by atoms with van der Waals surface area (Å²) in [4.78, 5) is 2.20. The van der Waals surface area contributed by atoms with Crippen molar-refractivity contribution in [2.45, 2.75) is 19.8 Å². The van der Waals surface area contributed by atoms with Crippen molar-refractivity contribution < 1.29 is 9.47 Å². The van der Waals surface area contributed by atoms with Gasteiger partial charge in [0.2, 0.25) is 0 Å². The molecule has 0 unspecified atom stereocenters. The van der Waals surface area contributed by atoms with Gasteiger partial charge in [-0.25, -0.2) is 0 Å². The molecule has 0 radical (unpaired) electrons. The van der Waals surface area contributed by atoms with Crippen molar-refractivity contribution in [3.05, 3.63) is 23.3 Å². The van der Waals surface area contributed by atoms with Crippen molar-refractivity contribution in [3.8, 4) is 11.5 Å². The lowest BCUT2D eigenvalue weighted by molar-refractivity contribution is 0.382. The Morgan fingerprint density at radius 2 is 1.82 bits per heavy atom. The number of nitrogens with zero attached hydrogens (tertiary/aromatic N) is 1. The summed E-state index contributed by atoms with van der Waals surface area (Å²) in [5, 5.41) is 0. The Kier molecular flexibility index (Phi) is 5.29. The lowest BCUT2D eigenvalue weighted by atomic mass is 10.0. The zero-order chi connectivity index (χ0) is 12.8. The maximum Gasteiger partial charge on any atom is 0.126 e. The second-order valence-corrected chi connectivity index (χ2v) is 4.53. The molecule has 0 aliphatic rings. The molecule has 0 saturated heterocycles. The third-order valence-corrected chi connectivity index (χ3v) is 2.89. The van der Waals surface area contributed by atoms with E-state index in [4.69, 9.17) is 9.47 Å².